The van der Waals surface area contributed by atoms with Gasteiger partial charge in [0, 0.05) is 31.9 Å². The third-order valence-corrected chi connectivity index (χ3v) is 6.35. The fourth-order valence-corrected chi connectivity index (χ4v) is 4.53. The third-order valence-electron chi connectivity index (χ3n) is 4.83. The third kappa shape index (κ3) is 6.25. The van der Waals surface area contributed by atoms with E-state index >= 15 is 0 Å². The van der Waals surface area contributed by atoms with Crippen LogP contribution in [0.1, 0.15) is 30.9 Å². The van der Waals surface area contributed by atoms with Crippen LogP contribution in [0.25, 0.3) is 0 Å². The van der Waals surface area contributed by atoms with Crippen molar-refractivity contribution in [3.63, 3.8) is 0 Å². The Hall–Kier alpha value is -2.49. The molecule has 3 rings (SSSR count). The lowest BCUT2D eigenvalue weighted by molar-refractivity contribution is -0.149. The highest BCUT2D eigenvalue weighted by atomic mass is 32.2. The maximum Gasteiger partial charge on any atom is 0.310 e. The molecule has 1 aromatic carbocycles. The van der Waals surface area contributed by atoms with E-state index in [-0.39, 0.29) is 25.7 Å². The molecule has 9 heteroatoms. The van der Waals surface area contributed by atoms with Gasteiger partial charge in [-0.3, -0.25) is 4.79 Å². The Morgan fingerprint density at radius 2 is 2.03 bits per heavy atom. The maximum absolute atomic E-state index is 12.7. The van der Waals surface area contributed by atoms with Crippen LogP contribution in [-0.2, 0) is 32.9 Å². The monoisotopic (exact) mass is 433 g/mol. The number of pyridine rings is 1. The van der Waals surface area contributed by atoms with Crippen molar-refractivity contribution < 1.29 is 22.7 Å². The molecule has 1 saturated heterocycles. The molecular formula is C21H27N3O5S. The topological polar surface area (TPSA) is 97.8 Å². The van der Waals surface area contributed by atoms with Gasteiger partial charge in [0.25, 0.3) is 10.2 Å². The molecule has 0 amide bonds. The Kier molecular flexibility index (Phi) is 7.78. The number of carbonyl (C=O) groups excluding carboxylic acids is 1. The molecule has 1 atom stereocenters. The van der Waals surface area contributed by atoms with Crippen LogP contribution in [-0.4, -0.2) is 43.4 Å². The highest BCUT2D eigenvalue weighted by molar-refractivity contribution is 7.87. The Labute approximate surface area is 177 Å². The first kappa shape index (κ1) is 22.2. The summed E-state index contributed by atoms with van der Waals surface area (Å²) in [6, 6.07) is 13.2. The van der Waals surface area contributed by atoms with E-state index in [1.165, 1.54) is 4.31 Å². The Balaban J connectivity index is 1.55. The fourth-order valence-electron chi connectivity index (χ4n) is 3.25. The van der Waals surface area contributed by atoms with E-state index < -0.39 is 16.1 Å². The molecule has 0 saturated carbocycles. The first-order chi connectivity index (χ1) is 14.5. The standard InChI is InChI=1S/C21H27N3O5S/c1-2-28-21(25)19-9-6-12-24(15-19)30(26,27)23-14-18-10-11-22-20(13-18)29-16-17-7-4-3-5-8-17/h3-5,7-8,10-11,13,19,23H,2,6,9,12,14-16H2,1H3. The quantitative estimate of drug-likeness (QED) is 0.609. The smallest absolute Gasteiger partial charge is 0.310 e. The van der Waals surface area contributed by atoms with Gasteiger partial charge in [0.15, 0.2) is 0 Å². The molecule has 1 aromatic heterocycles. The molecule has 0 spiro atoms. The average Bonchev–Trinajstić information content (AvgIpc) is 2.78. The maximum atomic E-state index is 12.7. The minimum absolute atomic E-state index is 0.104. The second-order valence-corrected chi connectivity index (χ2v) is 8.81. The zero-order chi connectivity index (χ0) is 21.4. The van der Waals surface area contributed by atoms with Crippen molar-refractivity contribution in [3.8, 4) is 5.88 Å². The van der Waals surface area contributed by atoms with Crippen LogP contribution in [0.4, 0.5) is 0 Å². The van der Waals surface area contributed by atoms with E-state index in [9.17, 15) is 13.2 Å². The summed E-state index contributed by atoms with van der Waals surface area (Å²) in [6.07, 6.45) is 2.84. The molecule has 30 heavy (non-hydrogen) atoms. The molecule has 8 nitrogen and oxygen atoms in total. The molecule has 1 N–H and O–H groups in total. The van der Waals surface area contributed by atoms with Gasteiger partial charge in [-0.1, -0.05) is 30.3 Å². The molecule has 2 heterocycles. The van der Waals surface area contributed by atoms with Crippen LogP contribution in [0.3, 0.4) is 0 Å². The predicted molar refractivity (Wildman–Crippen MR) is 112 cm³/mol. The zero-order valence-electron chi connectivity index (χ0n) is 17.0. The van der Waals surface area contributed by atoms with Gasteiger partial charge in [-0.2, -0.15) is 17.4 Å². The molecule has 0 bridgehead atoms. The van der Waals surface area contributed by atoms with Crippen molar-refractivity contribution >= 4 is 16.2 Å². The van der Waals surface area contributed by atoms with Crippen LogP contribution in [0.15, 0.2) is 48.7 Å². The van der Waals surface area contributed by atoms with Gasteiger partial charge in [0.2, 0.25) is 5.88 Å². The zero-order valence-corrected chi connectivity index (χ0v) is 17.8. The van der Waals surface area contributed by atoms with Crippen LogP contribution in [0, 0.1) is 5.92 Å². The van der Waals surface area contributed by atoms with Gasteiger partial charge in [0.05, 0.1) is 12.5 Å². The number of carbonyl (C=O) groups is 1. The first-order valence-corrected chi connectivity index (χ1v) is 11.4. The lowest BCUT2D eigenvalue weighted by atomic mass is 10.0. The van der Waals surface area contributed by atoms with E-state index in [4.69, 9.17) is 9.47 Å². The number of rotatable bonds is 9. The molecule has 0 aliphatic carbocycles. The molecule has 1 unspecified atom stereocenters. The summed E-state index contributed by atoms with van der Waals surface area (Å²) in [5.41, 5.74) is 1.75. The summed E-state index contributed by atoms with van der Waals surface area (Å²) >= 11 is 0. The number of nitrogens with zero attached hydrogens (tertiary/aromatic N) is 2. The summed E-state index contributed by atoms with van der Waals surface area (Å²) in [5, 5.41) is 0. The van der Waals surface area contributed by atoms with Gasteiger partial charge in [-0.15, -0.1) is 0 Å². The molecule has 162 valence electrons. The SMILES string of the molecule is CCOC(=O)C1CCCN(S(=O)(=O)NCc2ccnc(OCc3ccccc3)c2)C1. The number of benzene rings is 1. The van der Waals surface area contributed by atoms with Crippen molar-refractivity contribution in [3.05, 3.63) is 59.8 Å². The lowest BCUT2D eigenvalue weighted by Crippen LogP contribution is -2.47. The summed E-state index contributed by atoms with van der Waals surface area (Å²) in [6.45, 7) is 3.03. The summed E-state index contributed by atoms with van der Waals surface area (Å²) in [4.78, 5) is 16.1. The highest BCUT2D eigenvalue weighted by Gasteiger charge is 2.32. The fraction of sp³-hybridized carbons (Fsp3) is 0.429. The van der Waals surface area contributed by atoms with Crippen LogP contribution < -0.4 is 9.46 Å². The Morgan fingerprint density at radius 3 is 2.80 bits per heavy atom. The van der Waals surface area contributed by atoms with Crippen molar-refractivity contribution in [2.45, 2.75) is 32.9 Å². The van der Waals surface area contributed by atoms with E-state index in [1.807, 2.05) is 30.3 Å². The lowest BCUT2D eigenvalue weighted by Gasteiger charge is -2.30. The number of hydrogen-bond donors (Lipinski definition) is 1. The molecule has 0 radical (unpaired) electrons. The van der Waals surface area contributed by atoms with Gasteiger partial charge in [0.1, 0.15) is 6.61 Å². The highest BCUT2D eigenvalue weighted by Crippen LogP contribution is 2.20. The number of ether oxygens (including phenoxy) is 2. The second kappa shape index (κ2) is 10.5. The number of aromatic nitrogens is 1. The van der Waals surface area contributed by atoms with Crippen molar-refractivity contribution in [1.29, 1.82) is 0 Å². The Bertz CT molecular complexity index is 937. The first-order valence-electron chi connectivity index (χ1n) is 10.0. The van der Waals surface area contributed by atoms with Gasteiger partial charge in [-0.25, -0.2) is 4.98 Å². The minimum atomic E-state index is -3.72. The molecule has 1 aliphatic rings. The summed E-state index contributed by atoms with van der Waals surface area (Å²) < 4.78 is 40.0. The van der Waals surface area contributed by atoms with Crippen molar-refractivity contribution in [1.82, 2.24) is 14.0 Å². The van der Waals surface area contributed by atoms with Crippen LogP contribution in [0.2, 0.25) is 0 Å². The van der Waals surface area contributed by atoms with E-state index in [0.29, 0.717) is 31.9 Å². The molecule has 1 fully saturated rings. The molecule has 1 aliphatic heterocycles. The predicted octanol–water partition coefficient (Wildman–Crippen LogP) is 2.27. The minimum Gasteiger partial charge on any atom is -0.473 e. The summed E-state index contributed by atoms with van der Waals surface area (Å²) in [5.74, 6) is -0.336. The summed E-state index contributed by atoms with van der Waals surface area (Å²) in [7, 11) is -3.72. The van der Waals surface area contributed by atoms with E-state index in [2.05, 4.69) is 9.71 Å². The average molecular weight is 434 g/mol. The largest absolute Gasteiger partial charge is 0.473 e. The number of hydrogen-bond acceptors (Lipinski definition) is 6. The second-order valence-electron chi connectivity index (χ2n) is 7.05. The van der Waals surface area contributed by atoms with Crippen molar-refractivity contribution in [2.75, 3.05) is 19.7 Å². The number of piperidine rings is 1. The van der Waals surface area contributed by atoms with E-state index in [0.717, 1.165) is 11.1 Å². The number of nitrogens with one attached hydrogen (secondary N) is 1. The number of esters is 1. The van der Waals surface area contributed by atoms with Gasteiger partial charge >= 0.3 is 5.97 Å². The Morgan fingerprint density at radius 1 is 1.23 bits per heavy atom. The van der Waals surface area contributed by atoms with E-state index in [1.54, 1.807) is 25.3 Å². The van der Waals surface area contributed by atoms with Gasteiger partial charge in [-0.05, 0) is 37.0 Å². The van der Waals surface area contributed by atoms with Gasteiger partial charge < -0.3 is 9.47 Å². The van der Waals surface area contributed by atoms with Crippen LogP contribution in [0.5, 0.6) is 5.88 Å². The normalized spacial score (nSPS) is 17.4. The molecule has 2 aromatic rings. The van der Waals surface area contributed by atoms with Crippen molar-refractivity contribution in [2.24, 2.45) is 5.92 Å². The molecular weight excluding hydrogens is 406 g/mol. The van der Waals surface area contributed by atoms with Crippen LogP contribution >= 0.6 is 0 Å².